The van der Waals surface area contributed by atoms with Crippen LogP contribution in [-0.2, 0) is 0 Å². The van der Waals surface area contributed by atoms with Crippen molar-refractivity contribution in [1.82, 2.24) is 4.98 Å². The summed E-state index contributed by atoms with van der Waals surface area (Å²) in [5, 5.41) is 3.40. The van der Waals surface area contributed by atoms with Crippen LogP contribution in [0.4, 0.5) is 5.82 Å². The fraction of sp³-hybridized carbons (Fsp3) is 0.545. The number of pyridine rings is 1. The van der Waals surface area contributed by atoms with Gasteiger partial charge in [-0.15, -0.1) is 0 Å². The van der Waals surface area contributed by atoms with Gasteiger partial charge in [-0.2, -0.15) is 4.98 Å². The number of nitrogens with one attached hydrogen (secondary N) is 1. The maximum absolute atomic E-state index is 5.12. The van der Waals surface area contributed by atoms with E-state index in [-0.39, 0.29) is 0 Å². The molecule has 1 heterocycles. The minimum absolute atomic E-state index is 0.619. The lowest BCUT2D eigenvalue weighted by Crippen LogP contribution is -2.27. The summed E-state index contributed by atoms with van der Waals surface area (Å²) < 4.78 is 5.12. The Morgan fingerprint density at radius 1 is 1.43 bits per heavy atom. The van der Waals surface area contributed by atoms with Gasteiger partial charge in [0, 0.05) is 12.1 Å². The molecule has 0 bridgehead atoms. The fourth-order valence-electron chi connectivity index (χ4n) is 1.58. The molecular formula is C11H16N2O. The minimum atomic E-state index is 0.619. The average molecular weight is 192 g/mol. The van der Waals surface area contributed by atoms with Crippen molar-refractivity contribution in [1.29, 1.82) is 0 Å². The molecule has 1 aromatic rings. The first-order valence-corrected chi connectivity index (χ1v) is 5.07. The second-order valence-corrected chi connectivity index (χ2v) is 3.84. The van der Waals surface area contributed by atoms with Crippen molar-refractivity contribution in [3.8, 4) is 5.88 Å². The van der Waals surface area contributed by atoms with E-state index in [1.807, 2.05) is 6.07 Å². The third kappa shape index (κ3) is 1.97. The van der Waals surface area contributed by atoms with Crippen LogP contribution in [-0.4, -0.2) is 18.1 Å². The highest BCUT2D eigenvalue weighted by atomic mass is 16.5. The van der Waals surface area contributed by atoms with Crippen molar-refractivity contribution in [3.05, 3.63) is 17.7 Å². The van der Waals surface area contributed by atoms with E-state index >= 15 is 0 Å². The molecule has 3 nitrogen and oxygen atoms in total. The van der Waals surface area contributed by atoms with Gasteiger partial charge in [-0.3, -0.25) is 0 Å². The molecule has 2 rings (SSSR count). The smallest absolute Gasteiger partial charge is 0.215 e. The van der Waals surface area contributed by atoms with Gasteiger partial charge in [-0.25, -0.2) is 0 Å². The maximum atomic E-state index is 5.12. The van der Waals surface area contributed by atoms with E-state index in [4.69, 9.17) is 4.74 Å². The summed E-state index contributed by atoms with van der Waals surface area (Å²) in [6, 6.07) is 4.61. The van der Waals surface area contributed by atoms with E-state index in [0.29, 0.717) is 11.9 Å². The minimum Gasteiger partial charge on any atom is -0.481 e. The lowest BCUT2D eigenvalue weighted by Gasteiger charge is -2.27. The zero-order valence-corrected chi connectivity index (χ0v) is 8.71. The third-order valence-electron chi connectivity index (χ3n) is 2.61. The normalized spacial score (nSPS) is 16.1. The maximum Gasteiger partial charge on any atom is 0.215 e. The summed E-state index contributed by atoms with van der Waals surface area (Å²) in [5.41, 5.74) is 1.18. The number of aryl methyl sites for hydroxylation is 1. The molecule has 1 aliphatic rings. The number of aromatic nitrogens is 1. The van der Waals surface area contributed by atoms with Gasteiger partial charge < -0.3 is 10.1 Å². The molecule has 14 heavy (non-hydrogen) atoms. The number of hydrogen-bond acceptors (Lipinski definition) is 3. The molecule has 0 amide bonds. The van der Waals surface area contributed by atoms with Crippen LogP contribution in [0.2, 0.25) is 0 Å². The Labute approximate surface area is 84.5 Å². The Balaban J connectivity index is 2.11. The van der Waals surface area contributed by atoms with Gasteiger partial charge in [0.05, 0.1) is 7.11 Å². The highest BCUT2D eigenvalue weighted by Gasteiger charge is 2.17. The van der Waals surface area contributed by atoms with E-state index in [1.54, 1.807) is 7.11 Å². The predicted molar refractivity (Wildman–Crippen MR) is 56.8 cm³/mol. The SMILES string of the molecule is COc1cc(C)cc(NC2CCC2)n1. The molecule has 0 atom stereocenters. The number of rotatable bonds is 3. The predicted octanol–water partition coefficient (Wildman–Crippen LogP) is 2.36. The molecule has 0 saturated heterocycles. The number of hydrogen-bond donors (Lipinski definition) is 1. The van der Waals surface area contributed by atoms with E-state index in [9.17, 15) is 0 Å². The zero-order valence-electron chi connectivity index (χ0n) is 8.71. The van der Waals surface area contributed by atoms with Crippen LogP contribution in [0, 0.1) is 6.92 Å². The molecule has 3 heteroatoms. The average Bonchev–Trinajstić information content (AvgIpc) is 2.10. The van der Waals surface area contributed by atoms with Crippen LogP contribution in [0.15, 0.2) is 12.1 Å². The van der Waals surface area contributed by atoms with Gasteiger partial charge in [0.15, 0.2) is 0 Å². The standard InChI is InChI=1S/C11H16N2O/c1-8-6-10(12-9-4-3-5-9)13-11(7-8)14-2/h6-7,9H,3-5H2,1-2H3,(H,12,13). The summed E-state index contributed by atoms with van der Waals surface area (Å²) in [7, 11) is 1.65. The number of anilines is 1. The van der Waals surface area contributed by atoms with Gasteiger partial charge >= 0.3 is 0 Å². The van der Waals surface area contributed by atoms with Crippen molar-refractivity contribution < 1.29 is 4.74 Å². The highest BCUT2D eigenvalue weighted by Crippen LogP contribution is 2.23. The number of ether oxygens (including phenoxy) is 1. The van der Waals surface area contributed by atoms with Gasteiger partial charge in [-0.05, 0) is 37.8 Å². The molecule has 1 aromatic heterocycles. The van der Waals surface area contributed by atoms with Crippen LogP contribution in [0.1, 0.15) is 24.8 Å². The Bertz CT molecular complexity index is 321. The van der Waals surface area contributed by atoms with Gasteiger partial charge in [0.25, 0.3) is 0 Å². The second kappa shape index (κ2) is 3.86. The quantitative estimate of drug-likeness (QED) is 0.798. The van der Waals surface area contributed by atoms with Crippen molar-refractivity contribution >= 4 is 5.82 Å². The monoisotopic (exact) mass is 192 g/mol. The zero-order chi connectivity index (χ0) is 9.97. The molecule has 0 aromatic carbocycles. The molecule has 0 unspecified atom stereocenters. The van der Waals surface area contributed by atoms with Crippen molar-refractivity contribution in [2.75, 3.05) is 12.4 Å². The summed E-state index contributed by atoms with van der Waals surface area (Å²) in [6.07, 6.45) is 3.86. The van der Waals surface area contributed by atoms with Gasteiger partial charge in [0.2, 0.25) is 5.88 Å². The fourth-order valence-corrected chi connectivity index (χ4v) is 1.58. The van der Waals surface area contributed by atoms with Crippen LogP contribution in [0.25, 0.3) is 0 Å². The van der Waals surface area contributed by atoms with Crippen LogP contribution < -0.4 is 10.1 Å². The Kier molecular flexibility index (Phi) is 2.57. The first-order chi connectivity index (χ1) is 6.78. The Morgan fingerprint density at radius 2 is 2.21 bits per heavy atom. The molecule has 1 saturated carbocycles. The number of methoxy groups -OCH3 is 1. The Morgan fingerprint density at radius 3 is 2.79 bits per heavy atom. The second-order valence-electron chi connectivity index (χ2n) is 3.84. The molecule has 0 spiro atoms. The van der Waals surface area contributed by atoms with Crippen molar-refractivity contribution in [3.63, 3.8) is 0 Å². The van der Waals surface area contributed by atoms with E-state index < -0.39 is 0 Å². The molecule has 1 fully saturated rings. The molecule has 0 aliphatic heterocycles. The van der Waals surface area contributed by atoms with Crippen molar-refractivity contribution in [2.24, 2.45) is 0 Å². The lowest BCUT2D eigenvalue weighted by molar-refractivity contribution is 0.396. The largest absolute Gasteiger partial charge is 0.481 e. The molecule has 1 N–H and O–H groups in total. The van der Waals surface area contributed by atoms with E-state index in [0.717, 1.165) is 5.82 Å². The first-order valence-electron chi connectivity index (χ1n) is 5.07. The molecule has 1 aliphatic carbocycles. The Hall–Kier alpha value is -1.25. The molecule has 0 radical (unpaired) electrons. The lowest BCUT2D eigenvalue weighted by atomic mass is 9.93. The summed E-state index contributed by atoms with van der Waals surface area (Å²) >= 11 is 0. The van der Waals surface area contributed by atoms with Crippen LogP contribution in [0.5, 0.6) is 5.88 Å². The molecular weight excluding hydrogens is 176 g/mol. The van der Waals surface area contributed by atoms with Crippen molar-refractivity contribution in [2.45, 2.75) is 32.2 Å². The van der Waals surface area contributed by atoms with Crippen LogP contribution in [0.3, 0.4) is 0 Å². The van der Waals surface area contributed by atoms with E-state index in [2.05, 4.69) is 23.3 Å². The topological polar surface area (TPSA) is 34.1 Å². The summed E-state index contributed by atoms with van der Waals surface area (Å²) in [6.45, 7) is 2.05. The third-order valence-corrected chi connectivity index (χ3v) is 2.61. The highest BCUT2D eigenvalue weighted by molar-refractivity contribution is 5.42. The number of nitrogens with zero attached hydrogens (tertiary/aromatic N) is 1. The molecule has 76 valence electrons. The van der Waals surface area contributed by atoms with Crippen LogP contribution >= 0.6 is 0 Å². The van der Waals surface area contributed by atoms with Gasteiger partial charge in [0.1, 0.15) is 5.82 Å². The van der Waals surface area contributed by atoms with E-state index in [1.165, 1.54) is 24.8 Å². The summed E-state index contributed by atoms with van der Waals surface area (Å²) in [4.78, 5) is 4.34. The first kappa shape index (κ1) is 9.31. The van der Waals surface area contributed by atoms with Gasteiger partial charge in [-0.1, -0.05) is 0 Å². The summed E-state index contributed by atoms with van der Waals surface area (Å²) in [5.74, 6) is 1.62.